The number of rotatable bonds is 7. The first-order chi connectivity index (χ1) is 10.2. The first-order valence-electron chi connectivity index (χ1n) is 7.67. The van der Waals surface area contributed by atoms with Gasteiger partial charge in [-0.05, 0) is 43.5 Å². The van der Waals surface area contributed by atoms with Gasteiger partial charge in [0.15, 0.2) is 0 Å². The summed E-state index contributed by atoms with van der Waals surface area (Å²) in [7, 11) is 0. The van der Waals surface area contributed by atoms with Crippen LogP contribution in [0.1, 0.15) is 49.4 Å². The number of halogens is 1. The van der Waals surface area contributed by atoms with Crippen LogP contribution in [0.25, 0.3) is 0 Å². The normalized spacial score (nSPS) is 12.6. The molecule has 1 aromatic carbocycles. The second-order valence-electron chi connectivity index (χ2n) is 5.45. The van der Waals surface area contributed by atoms with E-state index in [0.717, 1.165) is 36.5 Å². The van der Waals surface area contributed by atoms with E-state index in [1.165, 1.54) is 11.1 Å². The molecule has 0 radical (unpaired) electrons. The molecule has 0 spiro atoms. The first-order valence-corrected chi connectivity index (χ1v) is 8.05. The van der Waals surface area contributed by atoms with Gasteiger partial charge in [-0.3, -0.25) is 4.68 Å². The molecule has 1 aromatic heterocycles. The lowest BCUT2D eigenvalue weighted by molar-refractivity contribution is 0.588. The van der Waals surface area contributed by atoms with Crippen LogP contribution in [0.4, 0.5) is 0 Å². The lowest BCUT2D eigenvalue weighted by Crippen LogP contribution is -2.23. The summed E-state index contributed by atoms with van der Waals surface area (Å²) in [6.45, 7) is 8.28. The minimum absolute atomic E-state index is 0.101. The number of nitrogens with one attached hydrogen (secondary N) is 1. The Balaban J connectivity index is 2.32. The average molecular weight is 306 g/mol. The third-order valence-electron chi connectivity index (χ3n) is 3.50. The molecule has 0 saturated heterocycles. The van der Waals surface area contributed by atoms with Gasteiger partial charge in [-0.25, -0.2) is 0 Å². The molecule has 0 aliphatic carbocycles. The summed E-state index contributed by atoms with van der Waals surface area (Å²) < 4.78 is 2.00. The number of hydrogen-bond acceptors (Lipinski definition) is 2. The Bertz CT molecular complexity index is 577. The Morgan fingerprint density at radius 3 is 2.76 bits per heavy atom. The van der Waals surface area contributed by atoms with E-state index in [4.69, 9.17) is 11.6 Å². The van der Waals surface area contributed by atoms with Crippen molar-refractivity contribution < 1.29 is 0 Å². The van der Waals surface area contributed by atoms with Crippen molar-refractivity contribution in [3.05, 3.63) is 52.3 Å². The zero-order chi connectivity index (χ0) is 15.2. The molecule has 1 N–H and O–H groups in total. The Hall–Kier alpha value is -1.32. The van der Waals surface area contributed by atoms with Crippen molar-refractivity contribution in [2.75, 3.05) is 6.54 Å². The highest BCUT2D eigenvalue weighted by Gasteiger charge is 2.18. The summed E-state index contributed by atoms with van der Waals surface area (Å²) in [6, 6.07) is 6.35. The minimum Gasteiger partial charge on any atom is -0.306 e. The number of nitrogens with zero attached hydrogens (tertiary/aromatic N) is 2. The van der Waals surface area contributed by atoms with Crippen molar-refractivity contribution in [1.29, 1.82) is 0 Å². The predicted molar refractivity (Wildman–Crippen MR) is 88.8 cm³/mol. The maximum atomic E-state index is 6.45. The maximum Gasteiger partial charge on any atom is 0.0622 e. The zero-order valence-corrected chi connectivity index (χ0v) is 13.8. The zero-order valence-electron chi connectivity index (χ0n) is 13.1. The molecule has 3 nitrogen and oxygen atoms in total. The van der Waals surface area contributed by atoms with E-state index in [9.17, 15) is 0 Å². The molecule has 2 rings (SSSR count). The summed E-state index contributed by atoms with van der Waals surface area (Å²) in [6.07, 6.45) is 6.23. The van der Waals surface area contributed by atoms with Crippen LogP contribution in [0.2, 0.25) is 5.02 Å². The molecule has 2 aromatic rings. The summed E-state index contributed by atoms with van der Waals surface area (Å²) in [4.78, 5) is 0. The van der Waals surface area contributed by atoms with Gasteiger partial charge in [-0.2, -0.15) is 5.10 Å². The van der Waals surface area contributed by atoms with Crippen LogP contribution in [0.5, 0.6) is 0 Å². The van der Waals surface area contributed by atoms with E-state index >= 15 is 0 Å². The fourth-order valence-corrected chi connectivity index (χ4v) is 2.79. The van der Waals surface area contributed by atoms with Gasteiger partial charge in [-0.1, -0.05) is 37.6 Å². The molecule has 0 amide bonds. The highest BCUT2D eigenvalue weighted by atomic mass is 35.5. The van der Waals surface area contributed by atoms with E-state index in [2.05, 4.69) is 49.5 Å². The molecule has 4 heteroatoms. The van der Waals surface area contributed by atoms with E-state index in [1.807, 2.05) is 16.9 Å². The van der Waals surface area contributed by atoms with Crippen LogP contribution in [-0.4, -0.2) is 16.3 Å². The van der Waals surface area contributed by atoms with Crippen LogP contribution in [0.3, 0.4) is 0 Å². The third-order valence-corrected chi connectivity index (χ3v) is 3.83. The van der Waals surface area contributed by atoms with Gasteiger partial charge in [-0.15, -0.1) is 0 Å². The molecule has 0 saturated carbocycles. The van der Waals surface area contributed by atoms with Crippen molar-refractivity contribution in [3.63, 3.8) is 0 Å². The number of aryl methyl sites for hydroxylation is 2. The molecular weight excluding hydrogens is 282 g/mol. The fourth-order valence-electron chi connectivity index (χ4n) is 2.44. The summed E-state index contributed by atoms with van der Waals surface area (Å²) in [5.41, 5.74) is 3.47. The second-order valence-corrected chi connectivity index (χ2v) is 5.86. The Morgan fingerprint density at radius 2 is 2.10 bits per heavy atom. The monoisotopic (exact) mass is 305 g/mol. The van der Waals surface area contributed by atoms with Crippen molar-refractivity contribution in [1.82, 2.24) is 15.1 Å². The Kier molecular flexibility index (Phi) is 5.83. The molecule has 1 unspecified atom stereocenters. The van der Waals surface area contributed by atoms with E-state index < -0.39 is 0 Å². The molecule has 114 valence electrons. The smallest absolute Gasteiger partial charge is 0.0622 e. The van der Waals surface area contributed by atoms with Gasteiger partial charge in [0.1, 0.15) is 0 Å². The van der Waals surface area contributed by atoms with E-state index in [0.29, 0.717) is 0 Å². The highest BCUT2D eigenvalue weighted by Crippen LogP contribution is 2.29. The minimum atomic E-state index is 0.101. The molecular formula is C17H24ClN3. The van der Waals surface area contributed by atoms with Gasteiger partial charge in [0, 0.05) is 23.3 Å². The number of benzene rings is 1. The molecule has 1 atom stereocenters. The summed E-state index contributed by atoms with van der Waals surface area (Å²) in [5, 5.41) is 8.83. The van der Waals surface area contributed by atoms with Crippen molar-refractivity contribution in [2.24, 2.45) is 0 Å². The lowest BCUT2D eigenvalue weighted by atomic mass is 10.00. The molecule has 21 heavy (non-hydrogen) atoms. The molecule has 0 bridgehead atoms. The van der Waals surface area contributed by atoms with E-state index in [1.54, 1.807) is 0 Å². The SMILES string of the molecule is CCCNC(c1cnn(CCC)c1)c1ccc(C)cc1Cl. The van der Waals surface area contributed by atoms with Crippen LogP contribution >= 0.6 is 11.6 Å². The number of hydrogen-bond donors (Lipinski definition) is 1. The Labute approximate surface area is 132 Å². The average Bonchev–Trinajstić information content (AvgIpc) is 2.90. The lowest BCUT2D eigenvalue weighted by Gasteiger charge is -2.19. The van der Waals surface area contributed by atoms with Crippen molar-refractivity contribution in [2.45, 2.75) is 46.2 Å². The van der Waals surface area contributed by atoms with Gasteiger partial charge >= 0.3 is 0 Å². The van der Waals surface area contributed by atoms with Crippen molar-refractivity contribution >= 4 is 11.6 Å². The Morgan fingerprint density at radius 1 is 1.29 bits per heavy atom. The third kappa shape index (κ3) is 4.08. The van der Waals surface area contributed by atoms with Crippen molar-refractivity contribution in [3.8, 4) is 0 Å². The largest absolute Gasteiger partial charge is 0.306 e. The van der Waals surface area contributed by atoms with Crippen LogP contribution in [0.15, 0.2) is 30.6 Å². The number of aromatic nitrogens is 2. The van der Waals surface area contributed by atoms with E-state index in [-0.39, 0.29) is 6.04 Å². The van der Waals surface area contributed by atoms with Gasteiger partial charge in [0.05, 0.1) is 12.2 Å². The first kappa shape index (κ1) is 16.1. The topological polar surface area (TPSA) is 29.9 Å². The molecule has 1 heterocycles. The van der Waals surface area contributed by atoms with Crippen LogP contribution in [0, 0.1) is 6.92 Å². The van der Waals surface area contributed by atoms with Crippen LogP contribution in [-0.2, 0) is 6.54 Å². The van der Waals surface area contributed by atoms with Gasteiger partial charge in [0.2, 0.25) is 0 Å². The molecule has 0 fully saturated rings. The second kappa shape index (κ2) is 7.62. The fraction of sp³-hybridized carbons (Fsp3) is 0.471. The molecule has 0 aliphatic rings. The quantitative estimate of drug-likeness (QED) is 0.824. The molecule has 0 aliphatic heterocycles. The maximum absolute atomic E-state index is 6.45. The summed E-state index contributed by atoms with van der Waals surface area (Å²) in [5.74, 6) is 0. The van der Waals surface area contributed by atoms with Gasteiger partial charge in [0.25, 0.3) is 0 Å². The standard InChI is InChI=1S/C17H24ClN3/c1-4-8-19-17(14-11-20-21(12-14)9-5-2)15-7-6-13(3)10-16(15)18/h6-7,10-12,17,19H,4-5,8-9H2,1-3H3. The summed E-state index contributed by atoms with van der Waals surface area (Å²) >= 11 is 6.45. The predicted octanol–water partition coefficient (Wildman–Crippen LogP) is 4.34. The highest BCUT2D eigenvalue weighted by molar-refractivity contribution is 6.31. The van der Waals surface area contributed by atoms with Crippen LogP contribution < -0.4 is 5.32 Å². The van der Waals surface area contributed by atoms with Gasteiger partial charge < -0.3 is 5.32 Å².